The summed E-state index contributed by atoms with van der Waals surface area (Å²) in [5.41, 5.74) is 1.42. The Morgan fingerprint density at radius 1 is 1.48 bits per heavy atom. The molecule has 25 heavy (non-hydrogen) atoms. The van der Waals surface area contributed by atoms with E-state index in [1.165, 1.54) is 4.90 Å². The Balaban J connectivity index is 1.76. The van der Waals surface area contributed by atoms with Crippen LogP contribution in [0, 0.1) is 0 Å². The van der Waals surface area contributed by atoms with E-state index in [0.717, 1.165) is 0 Å². The summed E-state index contributed by atoms with van der Waals surface area (Å²) in [6, 6.07) is 6.44. The second-order valence-electron chi connectivity index (χ2n) is 6.10. The molecule has 0 atom stereocenters. The Morgan fingerprint density at radius 3 is 3.00 bits per heavy atom. The molecule has 0 radical (unpaired) electrons. The SMILES string of the molecule is CCCC(F)(F)c1n[nH]c2c1CN(C(=O)Nc1cccc(Cl)c1)CC2. The molecule has 0 spiro atoms. The first kappa shape index (κ1) is 17.7. The maximum atomic E-state index is 14.3. The van der Waals surface area contributed by atoms with Gasteiger partial charge in [0.05, 0.1) is 6.54 Å². The van der Waals surface area contributed by atoms with Crippen molar-refractivity contribution in [3.05, 3.63) is 46.2 Å². The lowest BCUT2D eigenvalue weighted by Gasteiger charge is -2.28. The van der Waals surface area contributed by atoms with Crippen LogP contribution in [0.3, 0.4) is 0 Å². The van der Waals surface area contributed by atoms with Gasteiger partial charge in [0.1, 0.15) is 5.69 Å². The third kappa shape index (κ3) is 3.76. The number of benzene rings is 1. The predicted molar refractivity (Wildman–Crippen MR) is 92.0 cm³/mol. The summed E-state index contributed by atoms with van der Waals surface area (Å²) in [4.78, 5) is 14.0. The second-order valence-corrected chi connectivity index (χ2v) is 6.53. The second kappa shape index (κ2) is 7.00. The first-order valence-electron chi connectivity index (χ1n) is 8.16. The van der Waals surface area contributed by atoms with Crippen LogP contribution in [0.25, 0.3) is 0 Å². The predicted octanol–water partition coefficient (Wildman–Crippen LogP) is 4.55. The highest BCUT2D eigenvalue weighted by molar-refractivity contribution is 6.30. The molecule has 8 heteroatoms. The van der Waals surface area contributed by atoms with Gasteiger partial charge in [-0.15, -0.1) is 0 Å². The number of carbonyl (C=O) groups is 1. The number of aromatic nitrogens is 2. The molecular weight excluding hydrogens is 350 g/mol. The van der Waals surface area contributed by atoms with E-state index in [9.17, 15) is 13.6 Å². The largest absolute Gasteiger partial charge is 0.322 e. The number of rotatable bonds is 4. The number of aromatic amines is 1. The van der Waals surface area contributed by atoms with Crippen LogP contribution >= 0.6 is 11.6 Å². The van der Waals surface area contributed by atoms with Gasteiger partial charge in [0, 0.05) is 41.4 Å². The molecule has 0 bridgehead atoms. The van der Waals surface area contributed by atoms with Crippen molar-refractivity contribution in [3.63, 3.8) is 0 Å². The van der Waals surface area contributed by atoms with Crippen molar-refractivity contribution in [2.45, 2.75) is 38.7 Å². The highest BCUT2D eigenvalue weighted by Crippen LogP contribution is 2.36. The molecule has 2 amide bonds. The molecule has 0 aliphatic carbocycles. The Labute approximate surface area is 149 Å². The van der Waals surface area contributed by atoms with E-state index in [4.69, 9.17) is 11.6 Å². The number of amides is 2. The molecule has 1 aliphatic rings. The number of fused-ring (bicyclic) bond motifs is 1. The van der Waals surface area contributed by atoms with Gasteiger partial charge >= 0.3 is 6.03 Å². The maximum Gasteiger partial charge on any atom is 0.322 e. The zero-order chi connectivity index (χ0) is 18.0. The summed E-state index contributed by atoms with van der Waals surface area (Å²) in [6.45, 7) is 2.24. The average Bonchev–Trinajstić information content (AvgIpc) is 2.98. The number of nitrogens with zero attached hydrogens (tertiary/aromatic N) is 2. The zero-order valence-corrected chi connectivity index (χ0v) is 14.5. The van der Waals surface area contributed by atoms with Crippen molar-refractivity contribution in [1.29, 1.82) is 0 Å². The highest BCUT2D eigenvalue weighted by Gasteiger charge is 2.38. The molecule has 0 saturated carbocycles. The summed E-state index contributed by atoms with van der Waals surface area (Å²) in [5, 5.41) is 9.78. The van der Waals surface area contributed by atoms with E-state index in [1.807, 2.05) is 0 Å². The first-order chi connectivity index (χ1) is 11.9. The van der Waals surface area contributed by atoms with Gasteiger partial charge in [0.15, 0.2) is 0 Å². The fourth-order valence-corrected chi connectivity index (χ4v) is 3.16. The van der Waals surface area contributed by atoms with E-state index >= 15 is 0 Å². The minimum absolute atomic E-state index is 0.104. The molecule has 0 fully saturated rings. The number of anilines is 1. The van der Waals surface area contributed by atoms with E-state index < -0.39 is 5.92 Å². The van der Waals surface area contributed by atoms with Crippen LogP contribution in [0.1, 0.15) is 36.7 Å². The molecule has 2 aromatic rings. The van der Waals surface area contributed by atoms with Crippen molar-refractivity contribution in [2.75, 3.05) is 11.9 Å². The number of halogens is 3. The standard InChI is InChI=1S/C17H19ClF2N4O/c1-2-7-17(19,20)15-13-10-24(8-6-14(13)22-23-15)16(25)21-12-5-3-4-11(18)9-12/h3-5,9H,2,6-8,10H2,1H3,(H,21,25)(H,22,23). The van der Waals surface area contributed by atoms with Gasteiger partial charge in [0.25, 0.3) is 5.92 Å². The van der Waals surface area contributed by atoms with Crippen LogP contribution in [0.2, 0.25) is 5.02 Å². The average molecular weight is 369 g/mol. The minimum Gasteiger partial charge on any atom is -0.320 e. The molecule has 0 unspecified atom stereocenters. The van der Waals surface area contributed by atoms with Crippen molar-refractivity contribution in [1.82, 2.24) is 15.1 Å². The molecule has 3 rings (SSSR count). The summed E-state index contributed by atoms with van der Waals surface area (Å²) in [5.74, 6) is -2.99. The van der Waals surface area contributed by atoms with E-state index in [1.54, 1.807) is 31.2 Å². The van der Waals surface area contributed by atoms with Gasteiger partial charge in [-0.25, -0.2) is 4.79 Å². The highest BCUT2D eigenvalue weighted by atomic mass is 35.5. The quantitative estimate of drug-likeness (QED) is 0.831. The van der Waals surface area contributed by atoms with Crippen LogP contribution in [-0.2, 0) is 18.9 Å². The Hall–Kier alpha value is -2.15. The number of urea groups is 1. The molecule has 0 saturated heterocycles. The lowest BCUT2D eigenvalue weighted by atomic mass is 10.0. The molecule has 134 valence electrons. The van der Waals surface area contributed by atoms with Crippen molar-refractivity contribution in [2.24, 2.45) is 0 Å². The van der Waals surface area contributed by atoms with Crippen molar-refractivity contribution >= 4 is 23.3 Å². The van der Waals surface area contributed by atoms with Crippen LogP contribution in [0.15, 0.2) is 24.3 Å². The summed E-state index contributed by atoms with van der Waals surface area (Å²) in [6.07, 6.45) is 0.556. The smallest absolute Gasteiger partial charge is 0.320 e. The van der Waals surface area contributed by atoms with E-state index in [2.05, 4.69) is 15.5 Å². The number of alkyl halides is 2. The number of hydrogen-bond donors (Lipinski definition) is 2. The molecule has 1 aromatic heterocycles. The summed E-state index contributed by atoms with van der Waals surface area (Å²) < 4.78 is 28.6. The number of H-pyrrole nitrogens is 1. The maximum absolute atomic E-state index is 14.3. The molecular formula is C17H19ClF2N4O. The third-order valence-corrected chi connectivity index (χ3v) is 4.44. The normalized spacial score (nSPS) is 14.3. The lowest BCUT2D eigenvalue weighted by Crippen LogP contribution is -2.39. The van der Waals surface area contributed by atoms with Crippen LogP contribution < -0.4 is 5.32 Å². The van der Waals surface area contributed by atoms with Gasteiger partial charge in [0.2, 0.25) is 0 Å². The fourth-order valence-electron chi connectivity index (χ4n) is 2.97. The third-order valence-electron chi connectivity index (χ3n) is 4.21. The topological polar surface area (TPSA) is 61.0 Å². The van der Waals surface area contributed by atoms with Crippen molar-refractivity contribution < 1.29 is 13.6 Å². The van der Waals surface area contributed by atoms with Gasteiger partial charge in [-0.05, 0) is 18.2 Å². The van der Waals surface area contributed by atoms with Gasteiger partial charge in [-0.3, -0.25) is 5.10 Å². The van der Waals surface area contributed by atoms with E-state index in [-0.39, 0.29) is 24.7 Å². The van der Waals surface area contributed by atoms with Crippen LogP contribution in [0.5, 0.6) is 0 Å². The van der Waals surface area contributed by atoms with Gasteiger partial charge in [-0.2, -0.15) is 13.9 Å². The lowest BCUT2D eigenvalue weighted by molar-refractivity contribution is -0.0198. The minimum atomic E-state index is -2.99. The molecule has 2 N–H and O–H groups in total. The Morgan fingerprint density at radius 2 is 2.28 bits per heavy atom. The fraction of sp³-hybridized carbons (Fsp3) is 0.412. The molecule has 2 heterocycles. The number of nitrogens with one attached hydrogen (secondary N) is 2. The summed E-state index contributed by atoms with van der Waals surface area (Å²) >= 11 is 5.91. The monoisotopic (exact) mass is 368 g/mol. The number of carbonyl (C=O) groups excluding carboxylic acids is 1. The summed E-state index contributed by atoms with van der Waals surface area (Å²) in [7, 11) is 0. The zero-order valence-electron chi connectivity index (χ0n) is 13.8. The van der Waals surface area contributed by atoms with Crippen molar-refractivity contribution in [3.8, 4) is 0 Å². The van der Waals surface area contributed by atoms with Gasteiger partial charge < -0.3 is 10.2 Å². The number of hydrogen-bond acceptors (Lipinski definition) is 2. The van der Waals surface area contributed by atoms with Gasteiger partial charge in [-0.1, -0.05) is 31.0 Å². The molecule has 1 aromatic carbocycles. The molecule has 1 aliphatic heterocycles. The van der Waals surface area contributed by atoms with E-state index in [0.29, 0.717) is 41.4 Å². The van der Waals surface area contributed by atoms with Crippen LogP contribution in [0.4, 0.5) is 19.3 Å². The Kier molecular flexibility index (Phi) is 4.94. The Bertz CT molecular complexity index is 778. The van der Waals surface area contributed by atoms with Crippen LogP contribution in [-0.4, -0.2) is 27.7 Å². The first-order valence-corrected chi connectivity index (χ1v) is 8.54. The molecule has 5 nitrogen and oxygen atoms in total.